The lowest BCUT2D eigenvalue weighted by Gasteiger charge is -2.23. The summed E-state index contributed by atoms with van der Waals surface area (Å²) in [5.74, 6) is 1.15. The average Bonchev–Trinajstić information content (AvgIpc) is 2.90. The number of rotatable bonds is 2. The van der Waals surface area contributed by atoms with Crippen LogP contribution in [-0.4, -0.2) is 16.2 Å². The van der Waals surface area contributed by atoms with Gasteiger partial charge in [-0.25, -0.2) is 4.39 Å². The maximum absolute atomic E-state index is 12.9. The molecule has 1 saturated carbocycles. The van der Waals surface area contributed by atoms with Gasteiger partial charge < -0.3 is 10.2 Å². The van der Waals surface area contributed by atoms with E-state index in [4.69, 9.17) is 10.2 Å². The number of benzene rings is 1. The van der Waals surface area contributed by atoms with Gasteiger partial charge >= 0.3 is 0 Å². The van der Waals surface area contributed by atoms with Gasteiger partial charge in [0.2, 0.25) is 11.8 Å². The molecule has 100 valence electrons. The molecule has 1 aromatic carbocycles. The van der Waals surface area contributed by atoms with Crippen molar-refractivity contribution in [3.8, 4) is 11.5 Å². The molecular weight excluding hydrogens is 245 g/mol. The van der Waals surface area contributed by atoms with E-state index in [1.165, 1.54) is 12.1 Å². The third-order valence-corrected chi connectivity index (χ3v) is 3.65. The average molecular weight is 261 g/mol. The van der Waals surface area contributed by atoms with Crippen molar-refractivity contribution in [2.45, 2.75) is 37.6 Å². The Bertz CT molecular complexity index is 544. The molecular formula is C14H16FN3O. The number of nitrogens with zero attached hydrogens (tertiary/aromatic N) is 2. The molecule has 3 rings (SSSR count). The molecule has 0 bridgehead atoms. The van der Waals surface area contributed by atoms with Crippen LogP contribution in [0.1, 0.15) is 37.5 Å². The predicted octanol–water partition coefficient (Wildman–Crippen LogP) is 2.86. The first-order valence-electron chi connectivity index (χ1n) is 6.57. The van der Waals surface area contributed by atoms with E-state index in [9.17, 15) is 4.39 Å². The van der Waals surface area contributed by atoms with Crippen LogP contribution in [-0.2, 0) is 0 Å². The molecule has 4 nitrogen and oxygen atoms in total. The van der Waals surface area contributed by atoms with Crippen molar-refractivity contribution in [3.63, 3.8) is 0 Å². The summed E-state index contributed by atoms with van der Waals surface area (Å²) in [6.07, 6.45) is 3.98. The molecule has 1 aliphatic rings. The molecule has 0 aliphatic heterocycles. The first-order chi connectivity index (χ1) is 9.22. The van der Waals surface area contributed by atoms with E-state index in [2.05, 4.69) is 10.2 Å². The molecule has 1 aromatic heterocycles. The second kappa shape index (κ2) is 5.09. The van der Waals surface area contributed by atoms with E-state index in [1.54, 1.807) is 12.1 Å². The number of nitrogens with two attached hydrogens (primary N) is 1. The molecule has 0 amide bonds. The Hall–Kier alpha value is -1.75. The van der Waals surface area contributed by atoms with Crippen molar-refractivity contribution in [2.24, 2.45) is 5.73 Å². The fourth-order valence-electron chi connectivity index (χ4n) is 2.47. The second-order valence-electron chi connectivity index (χ2n) is 5.06. The van der Waals surface area contributed by atoms with Gasteiger partial charge in [-0.2, -0.15) is 0 Å². The lowest BCUT2D eigenvalue weighted by Crippen LogP contribution is -2.25. The zero-order chi connectivity index (χ0) is 13.2. The van der Waals surface area contributed by atoms with E-state index in [1.807, 2.05) is 0 Å². The fourth-order valence-corrected chi connectivity index (χ4v) is 2.47. The van der Waals surface area contributed by atoms with E-state index in [0.29, 0.717) is 23.7 Å². The molecule has 2 aromatic rings. The van der Waals surface area contributed by atoms with E-state index < -0.39 is 0 Å². The van der Waals surface area contributed by atoms with Crippen LogP contribution < -0.4 is 5.73 Å². The van der Waals surface area contributed by atoms with Crippen LogP contribution in [0.5, 0.6) is 0 Å². The first-order valence-corrected chi connectivity index (χ1v) is 6.57. The van der Waals surface area contributed by atoms with Gasteiger partial charge in [0.15, 0.2) is 0 Å². The summed E-state index contributed by atoms with van der Waals surface area (Å²) in [6, 6.07) is 6.36. The van der Waals surface area contributed by atoms with Gasteiger partial charge in [0, 0.05) is 17.5 Å². The molecule has 1 aliphatic carbocycles. The quantitative estimate of drug-likeness (QED) is 0.902. The second-order valence-corrected chi connectivity index (χ2v) is 5.06. The molecule has 5 heteroatoms. The molecule has 1 fully saturated rings. The molecule has 19 heavy (non-hydrogen) atoms. The lowest BCUT2D eigenvalue weighted by atomic mass is 9.86. The number of hydrogen-bond acceptors (Lipinski definition) is 4. The Labute approximate surface area is 110 Å². The molecule has 0 atom stereocenters. The van der Waals surface area contributed by atoms with Crippen LogP contribution in [0.15, 0.2) is 28.7 Å². The zero-order valence-electron chi connectivity index (χ0n) is 10.6. The van der Waals surface area contributed by atoms with Gasteiger partial charge in [-0.3, -0.25) is 0 Å². The third kappa shape index (κ3) is 2.66. The van der Waals surface area contributed by atoms with Gasteiger partial charge in [-0.05, 0) is 49.9 Å². The summed E-state index contributed by atoms with van der Waals surface area (Å²) < 4.78 is 18.6. The number of halogens is 1. The van der Waals surface area contributed by atoms with Crippen molar-refractivity contribution < 1.29 is 8.81 Å². The highest BCUT2D eigenvalue weighted by Crippen LogP contribution is 2.32. The van der Waals surface area contributed by atoms with Gasteiger partial charge in [0.25, 0.3) is 0 Å². The Balaban J connectivity index is 1.77. The monoisotopic (exact) mass is 261 g/mol. The topological polar surface area (TPSA) is 64.9 Å². The van der Waals surface area contributed by atoms with Crippen LogP contribution in [0, 0.1) is 5.82 Å². The number of aromatic nitrogens is 2. The van der Waals surface area contributed by atoms with Gasteiger partial charge in [-0.15, -0.1) is 10.2 Å². The summed E-state index contributed by atoms with van der Waals surface area (Å²) in [4.78, 5) is 0. The maximum Gasteiger partial charge on any atom is 0.247 e. The Kier molecular flexibility index (Phi) is 3.29. The predicted molar refractivity (Wildman–Crippen MR) is 68.9 cm³/mol. The lowest BCUT2D eigenvalue weighted by molar-refractivity contribution is 0.341. The summed E-state index contributed by atoms with van der Waals surface area (Å²) >= 11 is 0. The highest BCUT2D eigenvalue weighted by Gasteiger charge is 2.24. The highest BCUT2D eigenvalue weighted by atomic mass is 19.1. The minimum absolute atomic E-state index is 0.273. The largest absolute Gasteiger partial charge is 0.420 e. The molecule has 0 unspecified atom stereocenters. The van der Waals surface area contributed by atoms with Gasteiger partial charge in [-0.1, -0.05) is 0 Å². The van der Waals surface area contributed by atoms with Crippen LogP contribution in [0.3, 0.4) is 0 Å². The van der Waals surface area contributed by atoms with E-state index in [0.717, 1.165) is 31.2 Å². The molecule has 2 N–H and O–H groups in total. The van der Waals surface area contributed by atoms with E-state index >= 15 is 0 Å². The third-order valence-electron chi connectivity index (χ3n) is 3.65. The Morgan fingerprint density at radius 1 is 1.05 bits per heavy atom. The summed E-state index contributed by atoms with van der Waals surface area (Å²) in [7, 11) is 0. The molecule has 0 saturated heterocycles. The van der Waals surface area contributed by atoms with Crippen molar-refractivity contribution in [1.82, 2.24) is 10.2 Å². The summed E-state index contributed by atoms with van der Waals surface area (Å²) in [5, 5.41) is 8.15. The molecule has 1 heterocycles. The minimum Gasteiger partial charge on any atom is -0.420 e. The smallest absolute Gasteiger partial charge is 0.247 e. The normalized spacial score (nSPS) is 23.5. The van der Waals surface area contributed by atoms with Crippen molar-refractivity contribution in [2.75, 3.05) is 0 Å². The summed E-state index contributed by atoms with van der Waals surface area (Å²) in [5.41, 5.74) is 6.63. The van der Waals surface area contributed by atoms with Crippen LogP contribution in [0.2, 0.25) is 0 Å². The van der Waals surface area contributed by atoms with Crippen LogP contribution in [0.4, 0.5) is 4.39 Å². The van der Waals surface area contributed by atoms with Crippen molar-refractivity contribution in [3.05, 3.63) is 36.0 Å². The Morgan fingerprint density at radius 2 is 1.74 bits per heavy atom. The van der Waals surface area contributed by atoms with E-state index in [-0.39, 0.29) is 5.82 Å². The van der Waals surface area contributed by atoms with Crippen LogP contribution in [0.25, 0.3) is 11.5 Å². The highest BCUT2D eigenvalue weighted by molar-refractivity contribution is 5.51. The Morgan fingerprint density at radius 3 is 2.42 bits per heavy atom. The van der Waals surface area contributed by atoms with Gasteiger partial charge in [0.05, 0.1) is 0 Å². The minimum atomic E-state index is -0.273. The number of hydrogen-bond donors (Lipinski definition) is 1. The van der Waals surface area contributed by atoms with Gasteiger partial charge in [0.1, 0.15) is 5.82 Å². The maximum atomic E-state index is 12.9. The fraction of sp³-hybridized carbons (Fsp3) is 0.429. The van der Waals surface area contributed by atoms with Crippen LogP contribution >= 0.6 is 0 Å². The van der Waals surface area contributed by atoms with Crippen molar-refractivity contribution >= 4 is 0 Å². The standard InChI is InChI=1S/C14H16FN3O/c15-11-5-1-9(2-6-11)13-17-18-14(19-13)10-3-7-12(16)8-4-10/h1-2,5-6,10,12H,3-4,7-8,16H2. The SMILES string of the molecule is NC1CCC(c2nnc(-c3ccc(F)cc3)o2)CC1. The summed E-state index contributed by atoms with van der Waals surface area (Å²) in [6.45, 7) is 0. The van der Waals surface area contributed by atoms with Crippen molar-refractivity contribution in [1.29, 1.82) is 0 Å². The molecule has 0 radical (unpaired) electrons. The molecule has 0 spiro atoms. The first kappa shape index (κ1) is 12.3. The zero-order valence-corrected chi connectivity index (χ0v) is 10.6.